The number of urea groups is 1. The lowest BCUT2D eigenvalue weighted by Gasteiger charge is -2.26. The minimum atomic E-state index is -0.390. The number of fused-ring (bicyclic) bond motifs is 5. The molecular formula is C24H28N4O5. The molecule has 4 rings (SSSR count). The highest BCUT2D eigenvalue weighted by molar-refractivity contribution is 6.27. The molecule has 2 aromatic heterocycles. The highest BCUT2D eigenvalue weighted by Gasteiger charge is 2.41. The summed E-state index contributed by atoms with van der Waals surface area (Å²) in [5.41, 5.74) is 4.62. The summed E-state index contributed by atoms with van der Waals surface area (Å²) in [5, 5.41) is 15.4. The van der Waals surface area contributed by atoms with Gasteiger partial charge in [0, 0.05) is 25.7 Å². The number of hydrogen-bond donors (Lipinski definition) is 3. The SMILES string of the molecule is Cc1cc(O)cc(C)c1C[C@@H](CNC(=O)NCCN1C(=O)c2c(c3ccc2o3)C1=O)N(C)C. The Bertz CT molecular complexity index is 1150. The zero-order valence-electron chi connectivity index (χ0n) is 19.2. The molecule has 0 saturated heterocycles. The van der Waals surface area contributed by atoms with E-state index < -0.39 is 0 Å². The Hall–Kier alpha value is -3.59. The third kappa shape index (κ3) is 4.23. The first-order valence-corrected chi connectivity index (χ1v) is 10.9. The average Bonchev–Trinajstić information content (AvgIpc) is 3.42. The normalized spacial score (nSPS) is 14.4. The van der Waals surface area contributed by atoms with Gasteiger partial charge >= 0.3 is 6.03 Å². The summed E-state index contributed by atoms with van der Waals surface area (Å²) in [6.45, 7) is 4.57. The van der Waals surface area contributed by atoms with Crippen LogP contribution in [0, 0.1) is 13.8 Å². The first-order chi connectivity index (χ1) is 15.7. The zero-order chi connectivity index (χ0) is 23.9. The van der Waals surface area contributed by atoms with Crippen molar-refractivity contribution in [2.45, 2.75) is 26.3 Å². The maximum atomic E-state index is 12.6. The first-order valence-electron chi connectivity index (χ1n) is 10.9. The van der Waals surface area contributed by atoms with Crippen molar-refractivity contribution in [2.24, 2.45) is 0 Å². The number of benzene rings is 2. The summed E-state index contributed by atoms with van der Waals surface area (Å²) in [5.74, 6) is -0.533. The van der Waals surface area contributed by atoms with Crippen LogP contribution in [-0.4, -0.2) is 72.5 Å². The van der Waals surface area contributed by atoms with Gasteiger partial charge in [0.1, 0.15) is 16.9 Å². The van der Waals surface area contributed by atoms with E-state index >= 15 is 0 Å². The van der Waals surface area contributed by atoms with Crippen molar-refractivity contribution >= 4 is 29.0 Å². The zero-order valence-corrected chi connectivity index (χ0v) is 19.2. The van der Waals surface area contributed by atoms with E-state index in [1.165, 1.54) is 0 Å². The van der Waals surface area contributed by atoms with E-state index in [-0.39, 0.29) is 42.7 Å². The number of phenolic OH excluding ortho intramolecular Hbond substituents is 1. The molecule has 3 heterocycles. The van der Waals surface area contributed by atoms with E-state index in [0.29, 0.717) is 35.3 Å². The van der Waals surface area contributed by atoms with Crippen molar-refractivity contribution in [1.29, 1.82) is 0 Å². The number of hydrogen-bond acceptors (Lipinski definition) is 6. The number of phenols is 1. The summed E-state index contributed by atoms with van der Waals surface area (Å²) in [6.07, 6.45) is 0.715. The van der Waals surface area contributed by atoms with Crippen molar-refractivity contribution < 1.29 is 23.9 Å². The van der Waals surface area contributed by atoms with Crippen LogP contribution in [0.3, 0.4) is 0 Å². The number of furan rings is 2. The van der Waals surface area contributed by atoms with Gasteiger partial charge in [0.2, 0.25) is 0 Å². The molecule has 0 aliphatic carbocycles. The van der Waals surface area contributed by atoms with Crippen LogP contribution in [0.25, 0.3) is 11.2 Å². The molecule has 4 amide bonds. The lowest BCUT2D eigenvalue weighted by atomic mass is 9.95. The Kier molecular flexibility index (Phi) is 5.99. The van der Waals surface area contributed by atoms with Gasteiger partial charge in [-0.15, -0.1) is 0 Å². The van der Waals surface area contributed by atoms with Crippen LogP contribution < -0.4 is 10.6 Å². The van der Waals surface area contributed by atoms with Crippen LogP contribution in [-0.2, 0) is 6.42 Å². The molecule has 2 bridgehead atoms. The number of amides is 4. The molecule has 3 N–H and O–H groups in total. The van der Waals surface area contributed by atoms with Crippen molar-refractivity contribution in [2.75, 3.05) is 33.7 Å². The summed E-state index contributed by atoms with van der Waals surface area (Å²) in [7, 11) is 3.90. The molecule has 1 aliphatic heterocycles. The molecule has 1 aliphatic rings. The number of imide groups is 1. The highest BCUT2D eigenvalue weighted by Crippen LogP contribution is 2.35. The van der Waals surface area contributed by atoms with Gasteiger partial charge in [0.15, 0.2) is 0 Å². The number of likely N-dealkylation sites (N-methyl/N-ethyl adjacent to an activating group) is 1. The Morgan fingerprint density at radius 2 is 1.64 bits per heavy atom. The predicted octanol–water partition coefficient (Wildman–Crippen LogP) is 2.26. The number of nitrogens with zero attached hydrogens (tertiary/aromatic N) is 2. The van der Waals surface area contributed by atoms with Gasteiger partial charge in [-0.2, -0.15) is 0 Å². The largest absolute Gasteiger partial charge is 0.508 e. The van der Waals surface area contributed by atoms with Gasteiger partial charge in [0.05, 0.1) is 11.1 Å². The standard InChI is InChI=1S/C24H28N4O5/c1-13-9-16(29)10-14(2)17(13)11-15(27(3)4)12-26-24(32)25-7-8-28-22(30)20-18-5-6-19(33-18)21(20)23(28)31/h5-6,9-10,15,29H,7-8,11-12H2,1-4H3,(H2,25,26,32)/t15-/m0/s1. The molecule has 0 radical (unpaired) electrons. The number of carbonyl (C=O) groups is 3. The molecule has 9 heteroatoms. The molecule has 0 saturated carbocycles. The Labute approximate surface area is 191 Å². The molecule has 9 nitrogen and oxygen atoms in total. The third-order valence-electron chi connectivity index (χ3n) is 6.24. The van der Waals surface area contributed by atoms with Gasteiger partial charge in [-0.05, 0) is 75.3 Å². The smallest absolute Gasteiger partial charge is 0.314 e. The van der Waals surface area contributed by atoms with Crippen LogP contribution in [0.1, 0.15) is 37.4 Å². The monoisotopic (exact) mass is 452 g/mol. The van der Waals surface area contributed by atoms with Crippen LogP contribution in [0.2, 0.25) is 0 Å². The lowest BCUT2D eigenvalue weighted by Crippen LogP contribution is -2.47. The second-order valence-corrected chi connectivity index (χ2v) is 8.69. The summed E-state index contributed by atoms with van der Waals surface area (Å²) in [4.78, 5) is 40.6. The average molecular weight is 453 g/mol. The van der Waals surface area contributed by atoms with Gasteiger partial charge in [-0.1, -0.05) is 0 Å². The summed E-state index contributed by atoms with van der Waals surface area (Å²) >= 11 is 0. The molecule has 0 unspecified atom stereocenters. The van der Waals surface area contributed by atoms with Gasteiger partial charge in [0.25, 0.3) is 11.8 Å². The number of rotatable bonds is 8. The Morgan fingerprint density at radius 3 is 2.18 bits per heavy atom. The third-order valence-corrected chi connectivity index (χ3v) is 6.24. The lowest BCUT2D eigenvalue weighted by molar-refractivity contribution is 0.0655. The van der Waals surface area contributed by atoms with Crippen molar-refractivity contribution in [3.63, 3.8) is 0 Å². The molecule has 3 aromatic rings. The van der Waals surface area contributed by atoms with Crippen molar-refractivity contribution in [3.05, 3.63) is 52.1 Å². The topological polar surface area (TPSA) is 115 Å². The van der Waals surface area contributed by atoms with E-state index in [9.17, 15) is 19.5 Å². The molecule has 0 spiro atoms. The fourth-order valence-corrected chi connectivity index (χ4v) is 4.36. The highest BCUT2D eigenvalue weighted by atomic mass is 16.3. The first kappa shape index (κ1) is 22.6. The van der Waals surface area contributed by atoms with E-state index in [1.807, 2.05) is 32.8 Å². The number of aromatic hydroxyl groups is 1. The van der Waals surface area contributed by atoms with Crippen molar-refractivity contribution in [1.82, 2.24) is 20.4 Å². The second-order valence-electron chi connectivity index (χ2n) is 8.69. The van der Waals surface area contributed by atoms with E-state index in [1.54, 1.807) is 24.3 Å². The van der Waals surface area contributed by atoms with E-state index in [0.717, 1.165) is 21.6 Å². The molecule has 33 heavy (non-hydrogen) atoms. The van der Waals surface area contributed by atoms with Crippen LogP contribution in [0.4, 0.5) is 4.79 Å². The van der Waals surface area contributed by atoms with Gasteiger partial charge in [-0.3, -0.25) is 14.5 Å². The Morgan fingerprint density at radius 1 is 1.06 bits per heavy atom. The minimum absolute atomic E-state index is 0.0450. The Balaban J connectivity index is 1.28. The number of aryl methyl sites for hydroxylation is 2. The molecule has 1 aromatic carbocycles. The van der Waals surface area contributed by atoms with Crippen LogP contribution >= 0.6 is 0 Å². The van der Waals surface area contributed by atoms with Crippen LogP contribution in [0.15, 0.2) is 28.7 Å². The quantitative estimate of drug-likeness (QED) is 0.452. The molecule has 0 fully saturated rings. The number of nitrogens with one attached hydrogen (secondary N) is 2. The maximum absolute atomic E-state index is 12.6. The predicted molar refractivity (Wildman–Crippen MR) is 123 cm³/mol. The van der Waals surface area contributed by atoms with E-state index in [4.69, 9.17) is 4.42 Å². The second kappa shape index (κ2) is 8.74. The fourth-order valence-electron chi connectivity index (χ4n) is 4.36. The van der Waals surface area contributed by atoms with Gasteiger partial charge < -0.3 is 25.1 Å². The summed E-state index contributed by atoms with van der Waals surface area (Å²) in [6, 6.07) is 6.52. The van der Waals surface area contributed by atoms with E-state index in [2.05, 4.69) is 10.6 Å². The van der Waals surface area contributed by atoms with Crippen molar-refractivity contribution in [3.8, 4) is 5.75 Å². The molecule has 174 valence electrons. The molecule has 1 atom stereocenters. The van der Waals surface area contributed by atoms with Crippen LogP contribution in [0.5, 0.6) is 5.75 Å². The number of carbonyl (C=O) groups excluding carboxylic acids is 3. The summed E-state index contributed by atoms with van der Waals surface area (Å²) < 4.78 is 5.39. The van der Waals surface area contributed by atoms with Gasteiger partial charge in [-0.25, -0.2) is 4.79 Å². The fraction of sp³-hybridized carbons (Fsp3) is 0.375. The molecular weight excluding hydrogens is 424 g/mol. The minimum Gasteiger partial charge on any atom is -0.508 e. The maximum Gasteiger partial charge on any atom is 0.314 e.